The number of nitrogens with zero attached hydrogens (tertiary/aromatic N) is 1. The summed E-state index contributed by atoms with van der Waals surface area (Å²) in [6.07, 6.45) is 3.57. The molecule has 3 nitrogen and oxygen atoms in total. The van der Waals surface area contributed by atoms with Crippen LogP contribution in [0.25, 0.3) is 0 Å². The van der Waals surface area contributed by atoms with Crippen LogP contribution in [0.5, 0.6) is 0 Å². The summed E-state index contributed by atoms with van der Waals surface area (Å²) in [7, 11) is 0. The van der Waals surface area contributed by atoms with Gasteiger partial charge in [-0.3, -0.25) is 5.10 Å². The third-order valence-corrected chi connectivity index (χ3v) is 3.49. The molecule has 3 heteroatoms. The van der Waals surface area contributed by atoms with Crippen molar-refractivity contribution in [3.8, 4) is 0 Å². The van der Waals surface area contributed by atoms with Crippen molar-refractivity contribution in [2.45, 2.75) is 46.0 Å². The quantitative estimate of drug-likeness (QED) is 0.822. The molecular formula is C13H23N3. The minimum Gasteiger partial charge on any atom is -0.317 e. The summed E-state index contributed by atoms with van der Waals surface area (Å²) in [5.74, 6) is 1.36. The van der Waals surface area contributed by atoms with Crippen molar-refractivity contribution >= 4 is 0 Å². The van der Waals surface area contributed by atoms with E-state index in [1.165, 1.54) is 29.8 Å². The standard InChI is InChI=1S/C13H23N3/c1-9(2)8-12-10(3)13(16-15-12)11-4-6-14-7-5-11/h9,11,14H,4-8H2,1-3H3,(H,15,16). The first kappa shape index (κ1) is 11.6. The van der Waals surface area contributed by atoms with E-state index in [1.807, 2.05) is 0 Å². The molecule has 0 saturated carbocycles. The summed E-state index contributed by atoms with van der Waals surface area (Å²) < 4.78 is 0. The zero-order chi connectivity index (χ0) is 11.5. The molecule has 0 atom stereocenters. The molecule has 0 bridgehead atoms. The van der Waals surface area contributed by atoms with Crippen molar-refractivity contribution < 1.29 is 0 Å². The predicted molar refractivity (Wildman–Crippen MR) is 66.7 cm³/mol. The second-order valence-electron chi connectivity index (χ2n) is 5.33. The van der Waals surface area contributed by atoms with E-state index in [9.17, 15) is 0 Å². The number of hydrogen-bond acceptors (Lipinski definition) is 2. The number of piperidine rings is 1. The molecule has 2 rings (SSSR count). The molecular weight excluding hydrogens is 198 g/mol. The minimum absolute atomic E-state index is 0.665. The van der Waals surface area contributed by atoms with E-state index in [4.69, 9.17) is 0 Å². The fourth-order valence-corrected chi connectivity index (χ4v) is 2.55. The molecule has 2 N–H and O–H groups in total. The van der Waals surface area contributed by atoms with Gasteiger partial charge in [0, 0.05) is 11.6 Å². The van der Waals surface area contributed by atoms with E-state index in [2.05, 4.69) is 36.3 Å². The highest BCUT2D eigenvalue weighted by Gasteiger charge is 2.21. The van der Waals surface area contributed by atoms with Crippen LogP contribution in [0, 0.1) is 12.8 Å². The third-order valence-electron chi connectivity index (χ3n) is 3.49. The lowest BCUT2D eigenvalue weighted by molar-refractivity contribution is 0.451. The smallest absolute Gasteiger partial charge is 0.0685 e. The maximum absolute atomic E-state index is 4.54. The van der Waals surface area contributed by atoms with E-state index in [0.717, 1.165) is 19.5 Å². The number of aromatic nitrogens is 2. The van der Waals surface area contributed by atoms with Crippen LogP contribution in [0.4, 0.5) is 0 Å². The van der Waals surface area contributed by atoms with Gasteiger partial charge in [-0.05, 0) is 50.8 Å². The lowest BCUT2D eigenvalue weighted by Crippen LogP contribution is -2.27. The van der Waals surface area contributed by atoms with Crippen LogP contribution in [0.3, 0.4) is 0 Å². The van der Waals surface area contributed by atoms with Crippen molar-refractivity contribution in [3.63, 3.8) is 0 Å². The molecule has 1 aromatic rings. The minimum atomic E-state index is 0.665. The van der Waals surface area contributed by atoms with Gasteiger partial charge < -0.3 is 5.32 Å². The molecule has 1 aliphatic rings. The maximum Gasteiger partial charge on any atom is 0.0685 e. The Labute approximate surface area is 98.0 Å². The fraction of sp³-hybridized carbons (Fsp3) is 0.769. The van der Waals surface area contributed by atoms with Crippen molar-refractivity contribution in [1.29, 1.82) is 0 Å². The molecule has 1 saturated heterocycles. The van der Waals surface area contributed by atoms with Crippen LogP contribution >= 0.6 is 0 Å². The van der Waals surface area contributed by atoms with E-state index in [1.54, 1.807) is 0 Å². The van der Waals surface area contributed by atoms with Gasteiger partial charge in [0.25, 0.3) is 0 Å². The van der Waals surface area contributed by atoms with Gasteiger partial charge in [-0.15, -0.1) is 0 Å². The lowest BCUT2D eigenvalue weighted by Gasteiger charge is -2.21. The zero-order valence-corrected chi connectivity index (χ0v) is 10.6. The Bertz CT molecular complexity index is 335. The van der Waals surface area contributed by atoms with Crippen LogP contribution in [0.1, 0.15) is 49.6 Å². The second kappa shape index (κ2) is 5.00. The highest BCUT2D eigenvalue weighted by molar-refractivity contribution is 5.27. The van der Waals surface area contributed by atoms with Crippen LogP contribution in [0.2, 0.25) is 0 Å². The molecule has 0 spiro atoms. The van der Waals surface area contributed by atoms with Gasteiger partial charge in [0.2, 0.25) is 0 Å². The summed E-state index contributed by atoms with van der Waals surface area (Å²) in [6.45, 7) is 9.00. The summed E-state index contributed by atoms with van der Waals surface area (Å²) in [5.41, 5.74) is 4.06. The average Bonchev–Trinajstić information content (AvgIpc) is 2.61. The van der Waals surface area contributed by atoms with Crippen LogP contribution in [0.15, 0.2) is 0 Å². The monoisotopic (exact) mass is 221 g/mol. The molecule has 0 aliphatic carbocycles. The highest BCUT2D eigenvalue weighted by atomic mass is 15.1. The van der Waals surface area contributed by atoms with Crippen molar-refractivity contribution in [1.82, 2.24) is 15.5 Å². The number of aromatic amines is 1. The Kier molecular flexibility index (Phi) is 3.64. The zero-order valence-electron chi connectivity index (χ0n) is 10.6. The Morgan fingerprint density at radius 3 is 2.62 bits per heavy atom. The van der Waals surface area contributed by atoms with Crippen LogP contribution < -0.4 is 5.32 Å². The Hall–Kier alpha value is -0.830. The predicted octanol–water partition coefficient (Wildman–Crippen LogP) is 2.38. The number of rotatable bonds is 3. The van der Waals surface area contributed by atoms with E-state index in [-0.39, 0.29) is 0 Å². The lowest BCUT2D eigenvalue weighted by atomic mass is 9.91. The largest absolute Gasteiger partial charge is 0.317 e. The third kappa shape index (κ3) is 2.46. The number of H-pyrrole nitrogens is 1. The number of nitrogens with one attached hydrogen (secondary N) is 2. The molecule has 0 amide bonds. The van der Waals surface area contributed by atoms with Crippen molar-refractivity contribution in [3.05, 3.63) is 17.0 Å². The maximum atomic E-state index is 4.54. The fourth-order valence-electron chi connectivity index (χ4n) is 2.55. The van der Waals surface area contributed by atoms with E-state index >= 15 is 0 Å². The van der Waals surface area contributed by atoms with E-state index < -0.39 is 0 Å². The Morgan fingerprint density at radius 1 is 1.31 bits per heavy atom. The molecule has 0 unspecified atom stereocenters. The van der Waals surface area contributed by atoms with Gasteiger partial charge in [0.05, 0.1) is 5.69 Å². The summed E-state index contributed by atoms with van der Waals surface area (Å²) >= 11 is 0. The molecule has 2 heterocycles. The molecule has 0 aromatic carbocycles. The van der Waals surface area contributed by atoms with Gasteiger partial charge in [-0.2, -0.15) is 5.10 Å². The van der Waals surface area contributed by atoms with E-state index in [0.29, 0.717) is 11.8 Å². The number of hydrogen-bond donors (Lipinski definition) is 2. The highest BCUT2D eigenvalue weighted by Crippen LogP contribution is 2.28. The molecule has 16 heavy (non-hydrogen) atoms. The Morgan fingerprint density at radius 2 is 2.00 bits per heavy atom. The van der Waals surface area contributed by atoms with Crippen molar-refractivity contribution in [2.75, 3.05) is 13.1 Å². The normalized spacial score (nSPS) is 18.2. The van der Waals surface area contributed by atoms with Gasteiger partial charge in [0.15, 0.2) is 0 Å². The molecule has 1 aliphatic heterocycles. The topological polar surface area (TPSA) is 40.7 Å². The molecule has 90 valence electrons. The Balaban J connectivity index is 2.12. The summed E-state index contributed by atoms with van der Waals surface area (Å²) in [5, 5.41) is 11.2. The summed E-state index contributed by atoms with van der Waals surface area (Å²) in [6, 6.07) is 0. The van der Waals surface area contributed by atoms with Gasteiger partial charge in [-0.1, -0.05) is 13.8 Å². The SMILES string of the molecule is Cc1c(C2CCNCC2)n[nH]c1CC(C)C. The molecule has 1 aromatic heterocycles. The average molecular weight is 221 g/mol. The van der Waals surface area contributed by atoms with Crippen LogP contribution in [-0.4, -0.2) is 23.3 Å². The van der Waals surface area contributed by atoms with Crippen molar-refractivity contribution in [2.24, 2.45) is 5.92 Å². The summed E-state index contributed by atoms with van der Waals surface area (Å²) in [4.78, 5) is 0. The van der Waals surface area contributed by atoms with Gasteiger partial charge in [0.1, 0.15) is 0 Å². The first-order chi connectivity index (χ1) is 7.68. The molecule has 1 fully saturated rings. The van der Waals surface area contributed by atoms with Gasteiger partial charge >= 0.3 is 0 Å². The first-order valence-corrected chi connectivity index (χ1v) is 6.43. The first-order valence-electron chi connectivity index (χ1n) is 6.43. The molecule has 0 radical (unpaired) electrons. The second-order valence-corrected chi connectivity index (χ2v) is 5.33. The van der Waals surface area contributed by atoms with Crippen LogP contribution in [-0.2, 0) is 6.42 Å². The van der Waals surface area contributed by atoms with Gasteiger partial charge in [-0.25, -0.2) is 0 Å².